The summed E-state index contributed by atoms with van der Waals surface area (Å²) >= 11 is 0. The molecule has 0 aromatic rings. The number of rotatable bonds is 3. The lowest BCUT2D eigenvalue weighted by atomic mass is 9.82. The molecule has 4 atom stereocenters. The zero-order valence-electron chi connectivity index (χ0n) is 17.9. The van der Waals surface area contributed by atoms with Crippen LogP contribution in [-0.4, -0.2) is 98.3 Å². The van der Waals surface area contributed by atoms with Crippen LogP contribution in [0.2, 0.25) is 0 Å². The van der Waals surface area contributed by atoms with Gasteiger partial charge < -0.3 is 19.9 Å². The molecule has 5 rings (SSSR count). The average Bonchev–Trinajstić information content (AvgIpc) is 3.44. The van der Waals surface area contributed by atoms with Crippen LogP contribution in [0.15, 0.2) is 4.99 Å². The standard InChI is InChI=1S/C22H39N5O/c1-23-21(26-14-17-18(15-26)20-7-6-19(17)28-20)24-16-22(8-12-25(2)13-9-22)27-10-4-3-5-11-27/h17-20H,3-16H2,1-2H3,(H,23,24). The first-order chi connectivity index (χ1) is 13.7. The number of fused-ring (bicyclic) bond motifs is 5. The fourth-order valence-electron chi connectivity index (χ4n) is 6.72. The SMILES string of the molecule is CN=C(NCC1(N2CCCCC2)CCN(C)CC1)N1CC2C3CCC(O3)C2C1. The zero-order valence-corrected chi connectivity index (χ0v) is 17.9. The lowest BCUT2D eigenvalue weighted by Gasteiger charge is -2.50. The highest BCUT2D eigenvalue weighted by Gasteiger charge is 2.53. The van der Waals surface area contributed by atoms with Gasteiger partial charge in [-0.05, 0) is 71.8 Å². The third-order valence-electron chi connectivity index (χ3n) is 8.48. The van der Waals surface area contributed by atoms with Crippen LogP contribution in [-0.2, 0) is 4.74 Å². The van der Waals surface area contributed by atoms with E-state index in [4.69, 9.17) is 9.73 Å². The van der Waals surface area contributed by atoms with Gasteiger partial charge in [0.1, 0.15) is 0 Å². The lowest BCUT2D eigenvalue weighted by molar-refractivity contribution is 0.0168. The minimum atomic E-state index is 0.306. The number of hydrogen-bond donors (Lipinski definition) is 1. The summed E-state index contributed by atoms with van der Waals surface area (Å²) in [7, 11) is 4.23. The van der Waals surface area contributed by atoms with Crippen LogP contribution in [0.25, 0.3) is 0 Å². The van der Waals surface area contributed by atoms with E-state index in [2.05, 4.69) is 27.1 Å². The summed E-state index contributed by atoms with van der Waals surface area (Å²) in [6, 6.07) is 0. The largest absolute Gasteiger partial charge is 0.374 e. The van der Waals surface area contributed by atoms with E-state index >= 15 is 0 Å². The normalized spacial score (nSPS) is 38.8. The summed E-state index contributed by atoms with van der Waals surface area (Å²) in [5.74, 6) is 2.59. The smallest absolute Gasteiger partial charge is 0.193 e. The van der Waals surface area contributed by atoms with Crippen molar-refractivity contribution in [1.82, 2.24) is 20.0 Å². The second kappa shape index (κ2) is 7.77. The van der Waals surface area contributed by atoms with Crippen molar-refractivity contribution in [1.29, 1.82) is 0 Å². The van der Waals surface area contributed by atoms with Gasteiger partial charge in [0.2, 0.25) is 0 Å². The molecule has 5 saturated heterocycles. The fourth-order valence-corrected chi connectivity index (χ4v) is 6.72. The molecule has 0 amide bonds. The molecular formula is C22H39N5O. The third kappa shape index (κ3) is 3.35. The Hall–Kier alpha value is -0.850. The maximum Gasteiger partial charge on any atom is 0.193 e. The van der Waals surface area contributed by atoms with Crippen molar-refractivity contribution >= 4 is 5.96 Å². The van der Waals surface area contributed by atoms with Crippen LogP contribution in [0.1, 0.15) is 44.9 Å². The van der Waals surface area contributed by atoms with Gasteiger partial charge in [0.05, 0.1) is 12.2 Å². The number of aliphatic imine (C=N–C) groups is 1. The summed E-state index contributed by atoms with van der Waals surface area (Å²) < 4.78 is 6.16. The summed E-state index contributed by atoms with van der Waals surface area (Å²) in [5.41, 5.74) is 0.306. The molecule has 28 heavy (non-hydrogen) atoms. The Morgan fingerprint density at radius 1 is 1.00 bits per heavy atom. The molecule has 158 valence electrons. The topological polar surface area (TPSA) is 43.3 Å². The van der Waals surface area contributed by atoms with Gasteiger partial charge in [-0.1, -0.05) is 6.42 Å². The predicted molar refractivity (Wildman–Crippen MR) is 113 cm³/mol. The van der Waals surface area contributed by atoms with E-state index in [1.54, 1.807) is 0 Å². The van der Waals surface area contributed by atoms with Crippen LogP contribution in [0.5, 0.6) is 0 Å². The van der Waals surface area contributed by atoms with Crippen molar-refractivity contribution < 1.29 is 4.74 Å². The molecule has 4 unspecified atom stereocenters. The molecule has 0 aliphatic carbocycles. The lowest BCUT2D eigenvalue weighted by Crippen LogP contribution is -2.62. The van der Waals surface area contributed by atoms with E-state index in [1.165, 1.54) is 71.1 Å². The van der Waals surface area contributed by atoms with E-state index in [-0.39, 0.29) is 0 Å². The second-order valence-electron chi connectivity index (χ2n) is 10.00. The fraction of sp³-hybridized carbons (Fsp3) is 0.955. The van der Waals surface area contributed by atoms with Crippen LogP contribution in [0.4, 0.5) is 0 Å². The molecule has 0 radical (unpaired) electrons. The van der Waals surface area contributed by atoms with Gasteiger partial charge in [-0.25, -0.2) is 0 Å². The molecule has 0 aromatic carbocycles. The zero-order chi connectivity index (χ0) is 19.1. The molecule has 0 saturated carbocycles. The van der Waals surface area contributed by atoms with Crippen molar-refractivity contribution in [2.75, 3.05) is 59.9 Å². The Balaban J connectivity index is 1.24. The van der Waals surface area contributed by atoms with Crippen LogP contribution < -0.4 is 5.32 Å². The van der Waals surface area contributed by atoms with Gasteiger partial charge in [-0.2, -0.15) is 0 Å². The molecule has 0 aromatic heterocycles. The van der Waals surface area contributed by atoms with E-state index in [0.29, 0.717) is 17.7 Å². The Morgan fingerprint density at radius 2 is 1.64 bits per heavy atom. The Morgan fingerprint density at radius 3 is 2.25 bits per heavy atom. The number of nitrogens with one attached hydrogen (secondary N) is 1. The molecule has 1 N–H and O–H groups in total. The first-order valence-corrected chi connectivity index (χ1v) is 11.7. The van der Waals surface area contributed by atoms with Gasteiger partial charge >= 0.3 is 0 Å². The van der Waals surface area contributed by atoms with Crippen molar-refractivity contribution in [3.05, 3.63) is 0 Å². The molecule has 5 aliphatic heterocycles. The highest BCUT2D eigenvalue weighted by molar-refractivity contribution is 5.80. The molecule has 0 spiro atoms. The van der Waals surface area contributed by atoms with Gasteiger partial charge in [0.25, 0.3) is 0 Å². The van der Waals surface area contributed by atoms with E-state index in [9.17, 15) is 0 Å². The Kier molecular flexibility index (Phi) is 5.31. The minimum Gasteiger partial charge on any atom is -0.374 e. The number of hydrogen-bond acceptors (Lipinski definition) is 4. The number of likely N-dealkylation sites (tertiary alicyclic amines) is 3. The molecule has 5 aliphatic rings. The predicted octanol–water partition coefficient (Wildman–Crippen LogP) is 1.62. The van der Waals surface area contributed by atoms with Crippen LogP contribution >= 0.6 is 0 Å². The highest BCUT2D eigenvalue weighted by Crippen LogP contribution is 2.47. The van der Waals surface area contributed by atoms with E-state index in [0.717, 1.165) is 37.4 Å². The van der Waals surface area contributed by atoms with Crippen molar-refractivity contribution in [3.8, 4) is 0 Å². The van der Waals surface area contributed by atoms with Gasteiger partial charge in [0.15, 0.2) is 5.96 Å². The summed E-state index contributed by atoms with van der Waals surface area (Å²) in [6.07, 6.45) is 10.3. The number of piperidine rings is 2. The van der Waals surface area contributed by atoms with Gasteiger partial charge in [-0.15, -0.1) is 0 Å². The maximum atomic E-state index is 6.16. The highest BCUT2D eigenvalue weighted by atomic mass is 16.5. The number of ether oxygens (including phenoxy) is 1. The van der Waals surface area contributed by atoms with Crippen LogP contribution in [0.3, 0.4) is 0 Å². The van der Waals surface area contributed by atoms with E-state index in [1.807, 2.05) is 7.05 Å². The third-order valence-corrected chi connectivity index (χ3v) is 8.48. The molecule has 2 bridgehead atoms. The van der Waals surface area contributed by atoms with Gasteiger partial charge in [-0.3, -0.25) is 9.89 Å². The number of nitrogens with zero attached hydrogens (tertiary/aromatic N) is 4. The summed E-state index contributed by atoms with van der Waals surface area (Å²) in [6.45, 7) is 8.28. The Labute approximate surface area is 170 Å². The monoisotopic (exact) mass is 389 g/mol. The molecular weight excluding hydrogens is 350 g/mol. The first kappa shape index (κ1) is 19.1. The summed E-state index contributed by atoms with van der Waals surface area (Å²) in [5, 5.41) is 3.85. The molecule has 6 heteroatoms. The minimum absolute atomic E-state index is 0.306. The second-order valence-corrected chi connectivity index (χ2v) is 10.00. The number of guanidine groups is 1. The van der Waals surface area contributed by atoms with Crippen molar-refractivity contribution in [3.63, 3.8) is 0 Å². The first-order valence-electron chi connectivity index (χ1n) is 11.7. The Bertz CT molecular complexity index is 563. The molecule has 5 fully saturated rings. The quantitative estimate of drug-likeness (QED) is 0.587. The van der Waals surface area contributed by atoms with Crippen molar-refractivity contribution in [2.24, 2.45) is 16.8 Å². The molecule has 5 heterocycles. The molecule has 6 nitrogen and oxygen atoms in total. The van der Waals surface area contributed by atoms with Crippen molar-refractivity contribution in [2.45, 2.75) is 62.7 Å². The average molecular weight is 390 g/mol. The maximum absolute atomic E-state index is 6.16. The van der Waals surface area contributed by atoms with E-state index < -0.39 is 0 Å². The van der Waals surface area contributed by atoms with Gasteiger partial charge in [0, 0.05) is 44.1 Å². The summed E-state index contributed by atoms with van der Waals surface area (Å²) in [4.78, 5) is 12.5. The van der Waals surface area contributed by atoms with Crippen LogP contribution in [0, 0.1) is 11.8 Å².